The number of carbonyl (C=O) groups is 2. The molecular weight excluding hydrogens is 596 g/mol. The van der Waals surface area contributed by atoms with Gasteiger partial charge in [0.15, 0.2) is 0 Å². The van der Waals surface area contributed by atoms with Gasteiger partial charge in [-0.15, -0.1) is 0 Å². The van der Waals surface area contributed by atoms with Crippen molar-refractivity contribution in [2.45, 2.75) is 76.4 Å². The molecule has 3 aromatic carbocycles. The molecule has 0 saturated heterocycles. The zero-order valence-corrected chi connectivity index (χ0v) is 26.9. The molecule has 0 bridgehead atoms. The van der Waals surface area contributed by atoms with Crippen LogP contribution >= 0.6 is 0 Å². The Morgan fingerprint density at radius 1 is 1.00 bits per heavy atom. The van der Waals surface area contributed by atoms with E-state index in [1.54, 1.807) is 19.1 Å². The number of nitrogens with zero attached hydrogens (tertiary/aromatic N) is 3. The first-order valence-electron chi connectivity index (χ1n) is 15.0. The number of rotatable bonds is 12. The van der Waals surface area contributed by atoms with Crippen LogP contribution in [0.15, 0.2) is 71.6 Å². The number of nitro benzene ring substituents is 1. The lowest BCUT2D eigenvalue weighted by Gasteiger charge is -2.33. The number of hydrogen-bond acceptors (Lipinski definition) is 7. The van der Waals surface area contributed by atoms with Gasteiger partial charge in [-0.25, -0.2) is 8.42 Å². The Bertz CT molecular complexity index is 1640. The van der Waals surface area contributed by atoms with Gasteiger partial charge in [0.1, 0.15) is 18.3 Å². The predicted molar refractivity (Wildman–Crippen MR) is 172 cm³/mol. The van der Waals surface area contributed by atoms with Crippen LogP contribution in [0.1, 0.15) is 55.7 Å². The molecule has 1 saturated carbocycles. The molecule has 45 heavy (non-hydrogen) atoms. The second kappa shape index (κ2) is 14.6. The number of anilines is 1. The summed E-state index contributed by atoms with van der Waals surface area (Å²) in [5.74, 6) is -0.440. The lowest BCUT2D eigenvalue weighted by atomic mass is 9.95. The number of nitrogens with one attached hydrogen (secondary N) is 1. The van der Waals surface area contributed by atoms with Crippen molar-refractivity contribution in [3.05, 3.63) is 93.5 Å². The van der Waals surface area contributed by atoms with E-state index in [1.165, 1.54) is 43.2 Å². The van der Waals surface area contributed by atoms with Gasteiger partial charge in [-0.2, -0.15) is 0 Å². The Kier molecular flexibility index (Phi) is 10.8. The molecule has 0 radical (unpaired) electrons. The van der Waals surface area contributed by atoms with Crippen LogP contribution in [-0.4, -0.2) is 55.8 Å². The van der Waals surface area contributed by atoms with Gasteiger partial charge in [-0.1, -0.05) is 49.6 Å². The van der Waals surface area contributed by atoms with E-state index < -0.39 is 33.4 Å². The average Bonchev–Trinajstić information content (AvgIpc) is 3.03. The summed E-state index contributed by atoms with van der Waals surface area (Å²) in [5.41, 5.74) is 1.83. The standard InChI is InChI=1S/C33H40N4O7S/c1-23-10-8-9-11-26(23)21-35(25(3)33(39)34-27-12-6-5-7-13-27)32(38)22-36(28-15-17-29(44-4)18-16-28)45(42,43)30-19-14-24(2)31(20-30)37(40)41/h8-11,14-20,25,27H,5-7,12-13,21-22H2,1-4H3,(H,34,39). The van der Waals surface area contributed by atoms with E-state index in [9.17, 15) is 28.1 Å². The minimum atomic E-state index is -4.48. The van der Waals surface area contributed by atoms with Crippen molar-refractivity contribution >= 4 is 33.2 Å². The molecule has 3 aromatic rings. The molecule has 0 aliphatic heterocycles. The number of aryl methyl sites for hydroxylation is 2. The van der Waals surface area contributed by atoms with Gasteiger partial charge in [0.2, 0.25) is 11.8 Å². The van der Waals surface area contributed by atoms with Crippen LogP contribution in [0.5, 0.6) is 5.75 Å². The summed E-state index contributed by atoms with van der Waals surface area (Å²) in [6.45, 7) is 4.50. The van der Waals surface area contributed by atoms with Crippen LogP contribution in [-0.2, 0) is 26.2 Å². The van der Waals surface area contributed by atoms with Crippen molar-refractivity contribution in [2.75, 3.05) is 18.0 Å². The summed E-state index contributed by atoms with van der Waals surface area (Å²) in [6.07, 6.45) is 4.92. The van der Waals surface area contributed by atoms with Crippen LogP contribution in [0.2, 0.25) is 0 Å². The Morgan fingerprint density at radius 3 is 2.29 bits per heavy atom. The first-order valence-corrected chi connectivity index (χ1v) is 16.4. The molecule has 2 amide bonds. The third-order valence-electron chi connectivity index (χ3n) is 8.33. The summed E-state index contributed by atoms with van der Waals surface area (Å²) in [7, 11) is -3.01. The maximum atomic E-state index is 14.2. The molecule has 0 aromatic heterocycles. The summed E-state index contributed by atoms with van der Waals surface area (Å²) in [6, 6.07) is 16.4. The second-order valence-corrected chi connectivity index (χ2v) is 13.2. The zero-order chi connectivity index (χ0) is 32.7. The molecule has 1 N–H and O–H groups in total. The normalized spacial score (nSPS) is 14.3. The van der Waals surface area contributed by atoms with Crippen molar-refractivity contribution < 1.29 is 27.7 Å². The fraction of sp³-hybridized carbons (Fsp3) is 0.394. The van der Waals surface area contributed by atoms with E-state index in [2.05, 4.69) is 5.32 Å². The van der Waals surface area contributed by atoms with Crippen molar-refractivity contribution in [3.8, 4) is 5.75 Å². The minimum Gasteiger partial charge on any atom is -0.497 e. The molecule has 11 nitrogen and oxygen atoms in total. The van der Waals surface area contributed by atoms with Crippen molar-refractivity contribution in [3.63, 3.8) is 0 Å². The lowest BCUT2D eigenvalue weighted by molar-refractivity contribution is -0.385. The maximum absolute atomic E-state index is 14.2. The van der Waals surface area contributed by atoms with Gasteiger partial charge >= 0.3 is 0 Å². The molecule has 1 unspecified atom stereocenters. The molecule has 1 aliphatic rings. The molecule has 12 heteroatoms. The molecule has 240 valence electrons. The first kappa shape index (κ1) is 33.4. The van der Waals surface area contributed by atoms with Crippen LogP contribution in [0.4, 0.5) is 11.4 Å². The maximum Gasteiger partial charge on any atom is 0.273 e. The van der Waals surface area contributed by atoms with E-state index in [1.807, 2.05) is 31.2 Å². The predicted octanol–water partition coefficient (Wildman–Crippen LogP) is 5.28. The van der Waals surface area contributed by atoms with Crippen LogP contribution in [0, 0.1) is 24.0 Å². The van der Waals surface area contributed by atoms with E-state index in [0.717, 1.165) is 53.6 Å². The van der Waals surface area contributed by atoms with Gasteiger partial charge in [0.05, 0.1) is 22.6 Å². The van der Waals surface area contributed by atoms with Crippen LogP contribution in [0.25, 0.3) is 0 Å². The van der Waals surface area contributed by atoms with E-state index in [4.69, 9.17) is 4.74 Å². The zero-order valence-electron chi connectivity index (χ0n) is 26.1. The van der Waals surface area contributed by atoms with E-state index >= 15 is 0 Å². The summed E-state index contributed by atoms with van der Waals surface area (Å²) < 4.78 is 34.4. The third-order valence-corrected chi connectivity index (χ3v) is 10.1. The summed E-state index contributed by atoms with van der Waals surface area (Å²) >= 11 is 0. The van der Waals surface area contributed by atoms with Gasteiger partial charge in [0.25, 0.3) is 15.7 Å². The van der Waals surface area contributed by atoms with Crippen molar-refractivity contribution in [1.82, 2.24) is 10.2 Å². The molecule has 0 heterocycles. The Morgan fingerprint density at radius 2 is 1.67 bits per heavy atom. The van der Waals surface area contributed by atoms with Crippen LogP contribution < -0.4 is 14.4 Å². The minimum absolute atomic E-state index is 0.0256. The smallest absolute Gasteiger partial charge is 0.273 e. The summed E-state index contributed by atoms with van der Waals surface area (Å²) in [4.78, 5) is 39.8. The van der Waals surface area contributed by atoms with Crippen molar-refractivity contribution in [1.29, 1.82) is 0 Å². The second-order valence-electron chi connectivity index (χ2n) is 11.4. The Labute approximate surface area is 264 Å². The lowest BCUT2D eigenvalue weighted by Crippen LogP contribution is -2.53. The topological polar surface area (TPSA) is 139 Å². The highest BCUT2D eigenvalue weighted by molar-refractivity contribution is 7.92. The largest absolute Gasteiger partial charge is 0.497 e. The monoisotopic (exact) mass is 636 g/mol. The SMILES string of the molecule is COc1ccc(N(CC(=O)N(Cc2ccccc2C)C(C)C(=O)NC2CCCCC2)S(=O)(=O)c2ccc(C)c([N+](=O)[O-])c2)cc1. The number of sulfonamides is 1. The highest BCUT2D eigenvalue weighted by Gasteiger charge is 2.34. The van der Waals surface area contributed by atoms with Crippen LogP contribution in [0.3, 0.4) is 0 Å². The van der Waals surface area contributed by atoms with Gasteiger partial charge in [0, 0.05) is 24.2 Å². The van der Waals surface area contributed by atoms with E-state index in [0.29, 0.717) is 11.3 Å². The van der Waals surface area contributed by atoms with Crippen molar-refractivity contribution in [2.24, 2.45) is 0 Å². The van der Waals surface area contributed by atoms with E-state index in [-0.39, 0.29) is 34.8 Å². The highest BCUT2D eigenvalue weighted by atomic mass is 32.2. The molecule has 1 fully saturated rings. The number of methoxy groups -OCH3 is 1. The number of ether oxygens (including phenoxy) is 1. The molecule has 0 spiro atoms. The highest BCUT2D eigenvalue weighted by Crippen LogP contribution is 2.30. The number of nitro groups is 1. The molecule has 1 atom stereocenters. The molecule has 1 aliphatic carbocycles. The fourth-order valence-electron chi connectivity index (χ4n) is 5.47. The number of amides is 2. The number of hydrogen-bond donors (Lipinski definition) is 1. The average molecular weight is 637 g/mol. The fourth-order valence-corrected chi connectivity index (χ4v) is 6.91. The summed E-state index contributed by atoms with van der Waals surface area (Å²) in [5, 5.41) is 14.7. The number of benzene rings is 3. The Balaban J connectivity index is 1.73. The quantitative estimate of drug-likeness (QED) is 0.211. The molecular formula is C33H40N4O7S. The number of carbonyl (C=O) groups excluding carboxylic acids is 2. The van der Waals surface area contributed by atoms with Gasteiger partial charge in [-0.3, -0.25) is 24.0 Å². The first-order chi connectivity index (χ1) is 21.4. The van der Waals surface area contributed by atoms with Gasteiger partial charge < -0.3 is 15.0 Å². The Hall–Kier alpha value is -4.45. The molecule has 4 rings (SSSR count). The third kappa shape index (κ3) is 7.99. The van der Waals surface area contributed by atoms with Gasteiger partial charge in [-0.05, 0) is 75.1 Å².